The van der Waals surface area contributed by atoms with Crippen molar-refractivity contribution in [2.45, 2.75) is 38.3 Å². The van der Waals surface area contributed by atoms with Crippen molar-refractivity contribution in [3.05, 3.63) is 28.7 Å². The first-order chi connectivity index (χ1) is 12.0. The molecule has 1 aromatic rings. The summed E-state index contributed by atoms with van der Waals surface area (Å²) < 4.78 is 34.5. The highest BCUT2D eigenvalue weighted by Crippen LogP contribution is 2.33. The van der Waals surface area contributed by atoms with Crippen LogP contribution in [0.3, 0.4) is 0 Å². The van der Waals surface area contributed by atoms with E-state index in [-0.39, 0.29) is 23.4 Å². The molecular formula is C17H18F2N2O3S. The highest BCUT2D eigenvalue weighted by atomic mass is 32.2. The highest BCUT2D eigenvalue weighted by Gasteiger charge is 2.25. The number of nitrogens with zero attached hydrogens (tertiary/aromatic N) is 1. The van der Waals surface area contributed by atoms with Gasteiger partial charge in [0, 0.05) is 0 Å². The van der Waals surface area contributed by atoms with Gasteiger partial charge in [-0.25, -0.2) is 0 Å². The van der Waals surface area contributed by atoms with Crippen molar-refractivity contribution >= 4 is 28.9 Å². The molecule has 1 aliphatic carbocycles. The van der Waals surface area contributed by atoms with Gasteiger partial charge in [-0.05, 0) is 48.4 Å². The molecule has 25 heavy (non-hydrogen) atoms. The summed E-state index contributed by atoms with van der Waals surface area (Å²) in [5.74, 6) is -0.113. The standard InChI is InChI=1S/C17H18F2N2O3S/c1-23-12-7-6-10(8-13(12)24-16(18)19)9-14-15(22)21-17(25-14)20-11-4-2-3-5-11/h6-9,11,16H,2-5H2,1H3,(H,20,21,22)/b14-9-. The number of thioether (sulfide) groups is 1. The fraction of sp³-hybridized carbons (Fsp3) is 0.412. The predicted octanol–water partition coefficient (Wildman–Crippen LogP) is 3.80. The van der Waals surface area contributed by atoms with Crippen molar-refractivity contribution in [2.24, 2.45) is 4.99 Å². The highest BCUT2D eigenvalue weighted by molar-refractivity contribution is 8.18. The predicted molar refractivity (Wildman–Crippen MR) is 93.0 cm³/mol. The molecule has 8 heteroatoms. The third-order valence-corrected chi connectivity index (χ3v) is 4.90. The molecule has 0 unspecified atom stereocenters. The van der Waals surface area contributed by atoms with Gasteiger partial charge in [0.15, 0.2) is 16.7 Å². The van der Waals surface area contributed by atoms with Crippen LogP contribution >= 0.6 is 11.8 Å². The van der Waals surface area contributed by atoms with Crippen molar-refractivity contribution < 1.29 is 23.0 Å². The molecule has 2 aliphatic rings. The average Bonchev–Trinajstić information content (AvgIpc) is 3.18. The Hall–Kier alpha value is -2.09. The lowest BCUT2D eigenvalue weighted by Gasteiger charge is -2.10. The summed E-state index contributed by atoms with van der Waals surface area (Å²) in [5, 5.41) is 3.35. The number of amidine groups is 1. The molecule has 2 fully saturated rings. The third kappa shape index (κ3) is 4.50. The number of ether oxygens (including phenoxy) is 2. The van der Waals surface area contributed by atoms with E-state index in [1.54, 1.807) is 12.1 Å². The number of hydrogen-bond acceptors (Lipinski definition) is 5. The second kappa shape index (κ2) is 7.86. The van der Waals surface area contributed by atoms with E-state index in [1.807, 2.05) is 0 Å². The minimum Gasteiger partial charge on any atom is -0.493 e. The summed E-state index contributed by atoms with van der Waals surface area (Å²) >= 11 is 1.26. The van der Waals surface area contributed by atoms with Crippen LogP contribution in [0.15, 0.2) is 28.1 Å². The minimum absolute atomic E-state index is 0.0740. The Balaban J connectivity index is 1.79. The molecule has 1 aliphatic heterocycles. The smallest absolute Gasteiger partial charge is 0.387 e. The fourth-order valence-electron chi connectivity index (χ4n) is 2.81. The summed E-state index contributed by atoms with van der Waals surface area (Å²) in [6, 6.07) is 4.88. The van der Waals surface area contributed by atoms with Crippen molar-refractivity contribution in [1.29, 1.82) is 0 Å². The number of benzene rings is 1. The molecule has 1 saturated heterocycles. The lowest BCUT2D eigenvalue weighted by atomic mass is 10.2. The summed E-state index contributed by atoms with van der Waals surface area (Å²) in [4.78, 5) is 17.1. The maximum absolute atomic E-state index is 12.5. The number of halogens is 2. The first-order valence-electron chi connectivity index (χ1n) is 7.96. The quantitative estimate of drug-likeness (QED) is 0.803. The third-order valence-electron chi connectivity index (χ3n) is 3.98. The zero-order valence-corrected chi connectivity index (χ0v) is 14.4. The van der Waals surface area contributed by atoms with Crippen molar-refractivity contribution in [3.63, 3.8) is 0 Å². The Morgan fingerprint density at radius 3 is 2.76 bits per heavy atom. The number of amides is 1. The van der Waals surface area contributed by atoms with E-state index in [2.05, 4.69) is 15.0 Å². The van der Waals surface area contributed by atoms with E-state index in [0.717, 1.165) is 12.8 Å². The number of hydrogen-bond donors (Lipinski definition) is 1. The molecule has 1 N–H and O–H groups in total. The Bertz CT molecular complexity index is 716. The molecule has 1 aromatic carbocycles. The molecule has 3 rings (SSSR count). The van der Waals surface area contributed by atoms with Crippen LogP contribution < -0.4 is 14.8 Å². The average molecular weight is 368 g/mol. The molecule has 1 amide bonds. The van der Waals surface area contributed by atoms with Crippen LogP contribution in [0.25, 0.3) is 6.08 Å². The topological polar surface area (TPSA) is 59.9 Å². The van der Waals surface area contributed by atoms with E-state index in [9.17, 15) is 13.6 Å². The molecule has 134 valence electrons. The number of carbonyl (C=O) groups is 1. The zero-order chi connectivity index (χ0) is 17.8. The van der Waals surface area contributed by atoms with E-state index in [4.69, 9.17) is 4.74 Å². The van der Waals surface area contributed by atoms with Crippen molar-refractivity contribution in [1.82, 2.24) is 5.32 Å². The number of aliphatic imine (C=N–C) groups is 1. The number of nitrogens with one attached hydrogen (secondary N) is 1. The maximum Gasteiger partial charge on any atom is 0.387 e. The van der Waals surface area contributed by atoms with E-state index in [1.165, 1.54) is 43.8 Å². The van der Waals surface area contributed by atoms with Gasteiger partial charge in [0.05, 0.1) is 18.1 Å². The molecule has 0 aromatic heterocycles. The number of alkyl halides is 2. The molecule has 5 nitrogen and oxygen atoms in total. The van der Waals surface area contributed by atoms with Crippen molar-refractivity contribution in [2.75, 3.05) is 7.11 Å². The zero-order valence-electron chi connectivity index (χ0n) is 13.6. The Morgan fingerprint density at radius 2 is 2.08 bits per heavy atom. The molecular weight excluding hydrogens is 350 g/mol. The van der Waals surface area contributed by atoms with Crippen LogP contribution in [0.2, 0.25) is 0 Å². The molecule has 1 saturated carbocycles. The van der Waals surface area contributed by atoms with Gasteiger partial charge in [0.1, 0.15) is 0 Å². The number of rotatable bonds is 5. The van der Waals surface area contributed by atoms with Gasteiger partial charge < -0.3 is 14.8 Å². The molecule has 1 heterocycles. The van der Waals surface area contributed by atoms with Gasteiger partial charge in [-0.15, -0.1) is 0 Å². The van der Waals surface area contributed by atoms with Gasteiger partial charge >= 0.3 is 6.61 Å². The van der Waals surface area contributed by atoms with E-state index < -0.39 is 6.61 Å². The lowest BCUT2D eigenvalue weighted by Crippen LogP contribution is -2.21. The summed E-state index contributed by atoms with van der Waals surface area (Å²) in [6.45, 7) is -2.95. The maximum atomic E-state index is 12.5. The summed E-state index contributed by atoms with van der Waals surface area (Å²) in [7, 11) is 1.37. The van der Waals surface area contributed by atoms with E-state index in [0.29, 0.717) is 15.6 Å². The Labute approximate surface area is 148 Å². The largest absolute Gasteiger partial charge is 0.493 e. The first-order valence-corrected chi connectivity index (χ1v) is 8.78. The van der Waals surface area contributed by atoms with Gasteiger partial charge in [-0.2, -0.15) is 8.78 Å². The normalized spacial score (nSPS) is 21.4. The summed E-state index contributed by atoms with van der Waals surface area (Å²) in [6.07, 6.45) is 6.05. The number of methoxy groups -OCH3 is 1. The number of carbonyl (C=O) groups excluding carboxylic acids is 1. The van der Waals surface area contributed by atoms with Gasteiger partial charge in [0.25, 0.3) is 5.91 Å². The van der Waals surface area contributed by atoms with Crippen LogP contribution in [0.4, 0.5) is 8.78 Å². The Morgan fingerprint density at radius 1 is 1.32 bits per heavy atom. The molecule has 0 bridgehead atoms. The van der Waals surface area contributed by atoms with Crippen LogP contribution in [0.5, 0.6) is 11.5 Å². The molecule has 0 spiro atoms. The van der Waals surface area contributed by atoms with Crippen LogP contribution in [-0.2, 0) is 4.79 Å². The second-order valence-electron chi connectivity index (χ2n) is 5.73. The van der Waals surface area contributed by atoms with Crippen molar-refractivity contribution in [3.8, 4) is 11.5 Å². The van der Waals surface area contributed by atoms with Crippen LogP contribution in [-0.4, -0.2) is 30.8 Å². The lowest BCUT2D eigenvalue weighted by molar-refractivity contribution is -0.115. The minimum atomic E-state index is -2.95. The summed E-state index contributed by atoms with van der Waals surface area (Å²) in [5.41, 5.74) is 0.566. The van der Waals surface area contributed by atoms with E-state index >= 15 is 0 Å². The molecule has 0 radical (unpaired) electrons. The second-order valence-corrected chi connectivity index (χ2v) is 6.76. The Kier molecular flexibility index (Phi) is 5.57. The molecule has 0 atom stereocenters. The van der Waals surface area contributed by atoms with Gasteiger partial charge in [-0.1, -0.05) is 18.9 Å². The fourth-order valence-corrected chi connectivity index (χ4v) is 3.70. The first kappa shape index (κ1) is 17.7. The monoisotopic (exact) mass is 368 g/mol. The SMILES string of the molecule is COc1ccc(/C=C2\SC(=NC3CCCC3)NC2=O)cc1OC(F)F. The van der Waals surface area contributed by atoms with Gasteiger partial charge in [-0.3, -0.25) is 9.79 Å². The van der Waals surface area contributed by atoms with Crippen LogP contribution in [0.1, 0.15) is 31.2 Å². The van der Waals surface area contributed by atoms with Crippen LogP contribution in [0, 0.1) is 0 Å². The van der Waals surface area contributed by atoms with Gasteiger partial charge in [0.2, 0.25) is 0 Å².